The second-order valence-electron chi connectivity index (χ2n) is 12.2. The highest BCUT2D eigenvalue weighted by Crippen LogP contribution is 2.43. The standard InChI is InChI=1S/C32H63N2O6P/c1-6-8-10-11-12-13-14-15-16-17-18-19-20-21-22-24-25-31(35)30(33-32(36)26-23-9-7-2)29-40-41(37,38)39-28-27-34(3,4)5/h19-20,24-25,30-31,35H,6-18,21-23,26-29H2,1-5H3,(H-,33,36,37,38)/p+1/b20-19+,25-24+. The van der Waals surface area contributed by atoms with Crippen LogP contribution in [0.5, 0.6) is 0 Å². The number of nitrogens with zero attached hydrogens (tertiary/aromatic N) is 1. The number of carbonyl (C=O) groups is 1. The van der Waals surface area contributed by atoms with Gasteiger partial charge in [0, 0.05) is 6.42 Å². The molecule has 0 radical (unpaired) electrons. The number of rotatable bonds is 28. The molecule has 0 saturated carbocycles. The van der Waals surface area contributed by atoms with Crippen molar-refractivity contribution in [1.29, 1.82) is 0 Å². The molecule has 1 amide bonds. The predicted octanol–water partition coefficient (Wildman–Crippen LogP) is 7.46. The molecule has 0 saturated heterocycles. The molecule has 0 aromatic heterocycles. The minimum Gasteiger partial charge on any atom is -0.387 e. The Morgan fingerprint density at radius 3 is 1.95 bits per heavy atom. The number of likely N-dealkylation sites (N-methyl/N-ethyl adjacent to an activating group) is 1. The SMILES string of the molecule is CCCCCCCCCCCC/C=C/CC/C=C/C(O)C(COP(=O)(O)OCC[N+](C)(C)C)NC(=O)CCCCC. The van der Waals surface area contributed by atoms with E-state index < -0.39 is 20.0 Å². The van der Waals surface area contributed by atoms with E-state index in [1.165, 1.54) is 64.2 Å². The summed E-state index contributed by atoms with van der Waals surface area (Å²) < 4.78 is 23.1. The molecule has 0 heterocycles. The molecule has 0 fully saturated rings. The maximum atomic E-state index is 12.4. The van der Waals surface area contributed by atoms with Crippen LogP contribution in [0.25, 0.3) is 0 Å². The van der Waals surface area contributed by atoms with Gasteiger partial charge in [-0.05, 0) is 32.1 Å². The number of amides is 1. The number of carbonyl (C=O) groups excluding carboxylic acids is 1. The number of quaternary nitrogens is 1. The number of aliphatic hydroxyl groups is 1. The Labute approximate surface area is 252 Å². The molecule has 0 aromatic carbocycles. The van der Waals surface area contributed by atoms with Gasteiger partial charge in [0.25, 0.3) is 0 Å². The predicted molar refractivity (Wildman–Crippen MR) is 171 cm³/mol. The number of phosphoric acid groups is 1. The van der Waals surface area contributed by atoms with Crippen molar-refractivity contribution in [2.45, 2.75) is 135 Å². The Morgan fingerprint density at radius 1 is 0.805 bits per heavy atom. The number of allylic oxidation sites excluding steroid dienone is 3. The summed E-state index contributed by atoms with van der Waals surface area (Å²) in [5.41, 5.74) is 0. The number of aliphatic hydroxyl groups excluding tert-OH is 1. The molecule has 41 heavy (non-hydrogen) atoms. The zero-order valence-corrected chi connectivity index (χ0v) is 27.9. The fraction of sp³-hybridized carbons (Fsp3) is 0.844. The van der Waals surface area contributed by atoms with Gasteiger partial charge in [0.05, 0.1) is 39.9 Å². The summed E-state index contributed by atoms with van der Waals surface area (Å²) in [6.45, 7) is 4.58. The first-order valence-electron chi connectivity index (χ1n) is 16.2. The van der Waals surface area contributed by atoms with Gasteiger partial charge in [-0.3, -0.25) is 13.8 Å². The largest absolute Gasteiger partial charge is 0.472 e. The fourth-order valence-electron chi connectivity index (χ4n) is 4.23. The van der Waals surface area contributed by atoms with E-state index in [0.717, 1.165) is 38.5 Å². The normalized spacial score (nSPS) is 15.4. The average molecular weight is 604 g/mol. The van der Waals surface area contributed by atoms with Crippen LogP contribution in [-0.2, 0) is 18.4 Å². The molecular formula is C32H64N2O6P+. The first-order valence-corrected chi connectivity index (χ1v) is 17.7. The maximum absolute atomic E-state index is 12.4. The molecule has 8 nitrogen and oxygen atoms in total. The van der Waals surface area contributed by atoms with Crippen molar-refractivity contribution < 1.29 is 32.9 Å². The van der Waals surface area contributed by atoms with Crippen LogP contribution >= 0.6 is 7.82 Å². The molecule has 0 aliphatic rings. The van der Waals surface area contributed by atoms with Gasteiger partial charge in [0.1, 0.15) is 13.2 Å². The van der Waals surface area contributed by atoms with Gasteiger partial charge >= 0.3 is 7.82 Å². The van der Waals surface area contributed by atoms with Crippen LogP contribution in [0.2, 0.25) is 0 Å². The zero-order valence-electron chi connectivity index (χ0n) is 27.0. The van der Waals surface area contributed by atoms with E-state index in [9.17, 15) is 19.4 Å². The monoisotopic (exact) mass is 603 g/mol. The number of hydrogen-bond acceptors (Lipinski definition) is 5. The lowest BCUT2D eigenvalue weighted by atomic mass is 10.1. The molecule has 0 rings (SSSR count). The van der Waals surface area contributed by atoms with Crippen molar-refractivity contribution in [3.05, 3.63) is 24.3 Å². The minimum atomic E-state index is -4.31. The summed E-state index contributed by atoms with van der Waals surface area (Å²) in [5.74, 6) is -0.215. The molecule has 0 spiro atoms. The van der Waals surface area contributed by atoms with Gasteiger partial charge in [0.15, 0.2) is 0 Å². The fourth-order valence-corrected chi connectivity index (χ4v) is 4.97. The summed E-state index contributed by atoms with van der Waals surface area (Å²) in [6.07, 6.45) is 26.0. The van der Waals surface area contributed by atoms with Crippen LogP contribution in [-0.4, -0.2) is 73.4 Å². The van der Waals surface area contributed by atoms with E-state index >= 15 is 0 Å². The first-order chi connectivity index (χ1) is 19.5. The van der Waals surface area contributed by atoms with E-state index in [1.54, 1.807) is 6.08 Å². The lowest BCUT2D eigenvalue weighted by Crippen LogP contribution is -2.45. The Kier molecular flexibility index (Phi) is 24.8. The van der Waals surface area contributed by atoms with E-state index in [4.69, 9.17) is 9.05 Å². The highest BCUT2D eigenvalue weighted by Gasteiger charge is 2.27. The quantitative estimate of drug-likeness (QED) is 0.0371. The average Bonchev–Trinajstić information content (AvgIpc) is 2.90. The van der Waals surface area contributed by atoms with Crippen LogP contribution in [0.3, 0.4) is 0 Å². The van der Waals surface area contributed by atoms with Gasteiger partial charge < -0.3 is 19.8 Å². The molecule has 3 atom stereocenters. The molecule has 0 aliphatic heterocycles. The molecule has 9 heteroatoms. The van der Waals surface area contributed by atoms with Gasteiger partial charge in [0.2, 0.25) is 5.91 Å². The second-order valence-corrected chi connectivity index (χ2v) is 13.6. The Morgan fingerprint density at radius 2 is 1.34 bits per heavy atom. The molecule has 3 unspecified atom stereocenters. The van der Waals surface area contributed by atoms with Crippen LogP contribution in [0.1, 0.15) is 123 Å². The van der Waals surface area contributed by atoms with Crippen molar-refractivity contribution in [3.63, 3.8) is 0 Å². The van der Waals surface area contributed by atoms with Crippen LogP contribution in [0.15, 0.2) is 24.3 Å². The highest BCUT2D eigenvalue weighted by atomic mass is 31.2. The van der Waals surface area contributed by atoms with Crippen molar-refractivity contribution in [2.75, 3.05) is 40.9 Å². The lowest BCUT2D eigenvalue weighted by Gasteiger charge is -2.25. The summed E-state index contributed by atoms with van der Waals surface area (Å²) >= 11 is 0. The Bertz CT molecular complexity index is 738. The second kappa shape index (κ2) is 25.5. The Hall–Kier alpha value is -1.02. The van der Waals surface area contributed by atoms with Gasteiger partial charge in [-0.2, -0.15) is 0 Å². The van der Waals surface area contributed by atoms with Crippen molar-refractivity contribution >= 4 is 13.7 Å². The van der Waals surface area contributed by atoms with E-state index in [0.29, 0.717) is 17.4 Å². The van der Waals surface area contributed by atoms with E-state index in [-0.39, 0.29) is 19.1 Å². The number of nitrogens with one attached hydrogen (secondary N) is 1. The summed E-state index contributed by atoms with van der Waals surface area (Å²) in [6, 6.07) is -0.852. The van der Waals surface area contributed by atoms with Gasteiger partial charge in [-0.25, -0.2) is 4.57 Å². The zero-order chi connectivity index (χ0) is 30.8. The third kappa shape index (κ3) is 27.6. The van der Waals surface area contributed by atoms with E-state index in [1.807, 2.05) is 27.2 Å². The topological polar surface area (TPSA) is 105 Å². The highest BCUT2D eigenvalue weighted by molar-refractivity contribution is 7.47. The third-order valence-corrected chi connectivity index (χ3v) is 7.91. The smallest absolute Gasteiger partial charge is 0.387 e. The summed E-state index contributed by atoms with van der Waals surface area (Å²) in [7, 11) is 1.55. The van der Waals surface area contributed by atoms with E-state index in [2.05, 4.69) is 31.3 Å². The van der Waals surface area contributed by atoms with Crippen LogP contribution in [0, 0.1) is 0 Å². The maximum Gasteiger partial charge on any atom is 0.472 e. The molecule has 242 valence electrons. The number of phosphoric ester groups is 1. The minimum absolute atomic E-state index is 0.0560. The number of hydrogen-bond donors (Lipinski definition) is 3. The van der Waals surface area contributed by atoms with Crippen molar-refractivity contribution in [2.24, 2.45) is 0 Å². The van der Waals surface area contributed by atoms with Crippen molar-refractivity contribution in [3.8, 4) is 0 Å². The van der Waals surface area contributed by atoms with Crippen LogP contribution in [0.4, 0.5) is 0 Å². The molecule has 3 N–H and O–H groups in total. The van der Waals surface area contributed by atoms with Gasteiger partial charge in [-0.1, -0.05) is 109 Å². The summed E-state index contributed by atoms with van der Waals surface area (Å²) in [4.78, 5) is 22.4. The van der Waals surface area contributed by atoms with Crippen LogP contribution < -0.4 is 5.32 Å². The number of unbranched alkanes of at least 4 members (excludes halogenated alkanes) is 13. The first kappa shape index (κ1) is 40.0. The third-order valence-electron chi connectivity index (χ3n) is 6.92. The van der Waals surface area contributed by atoms with Crippen molar-refractivity contribution in [1.82, 2.24) is 5.32 Å². The molecule has 0 aliphatic carbocycles. The Balaban J connectivity index is 4.44. The lowest BCUT2D eigenvalue weighted by molar-refractivity contribution is -0.870. The molecular weight excluding hydrogens is 539 g/mol. The molecule has 0 bridgehead atoms. The molecule has 0 aromatic rings. The van der Waals surface area contributed by atoms with Gasteiger partial charge in [-0.15, -0.1) is 0 Å². The summed E-state index contributed by atoms with van der Waals surface area (Å²) in [5, 5.41) is 13.5.